The van der Waals surface area contributed by atoms with Crippen LogP contribution in [0.3, 0.4) is 0 Å². The molecule has 138 valence electrons. The summed E-state index contributed by atoms with van der Waals surface area (Å²) in [6.45, 7) is 0.626. The summed E-state index contributed by atoms with van der Waals surface area (Å²) in [5.74, 6) is 0.499. The van der Waals surface area contributed by atoms with Gasteiger partial charge in [0.25, 0.3) is 0 Å². The third-order valence-electron chi connectivity index (χ3n) is 3.82. The summed E-state index contributed by atoms with van der Waals surface area (Å²) in [7, 11) is 1.61. The molecule has 0 radical (unpaired) electrons. The smallest absolute Gasteiger partial charge is 0.191 e. The van der Waals surface area contributed by atoms with Gasteiger partial charge in [0, 0.05) is 24.5 Å². The number of nitrogens with zero attached hydrogens (tertiary/aromatic N) is 2. The standard InChI is InChI=1S/C20H19FN4OS/c1-26-19-6-2-4-17(12-19)23-20(27)24-22-13-18-5-3-11-25(18)14-15-7-9-16(21)10-8-15/h2-13H,14H2,1H3,(H2,23,24,27)/b22-13+. The van der Waals surface area contributed by atoms with E-state index in [1.54, 1.807) is 25.5 Å². The lowest BCUT2D eigenvalue weighted by molar-refractivity contribution is 0.415. The van der Waals surface area contributed by atoms with Gasteiger partial charge in [-0.15, -0.1) is 0 Å². The Hall–Kier alpha value is -3.19. The Balaban J connectivity index is 1.57. The van der Waals surface area contributed by atoms with Crippen LogP contribution in [0.15, 0.2) is 72.0 Å². The monoisotopic (exact) mass is 382 g/mol. The van der Waals surface area contributed by atoms with Crippen LogP contribution in [0.4, 0.5) is 10.1 Å². The van der Waals surface area contributed by atoms with Crippen LogP contribution in [-0.2, 0) is 6.54 Å². The third kappa shape index (κ3) is 5.39. The summed E-state index contributed by atoms with van der Waals surface area (Å²) >= 11 is 5.24. The van der Waals surface area contributed by atoms with Crippen LogP contribution in [0.2, 0.25) is 0 Å². The number of anilines is 1. The molecule has 0 bridgehead atoms. The quantitative estimate of drug-likeness (QED) is 0.384. The van der Waals surface area contributed by atoms with E-state index in [4.69, 9.17) is 17.0 Å². The van der Waals surface area contributed by atoms with Crippen LogP contribution in [-0.4, -0.2) is 23.0 Å². The average Bonchev–Trinajstić information content (AvgIpc) is 3.11. The molecule has 0 fully saturated rings. The number of aromatic nitrogens is 1. The van der Waals surface area contributed by atoms with Crippen molar-refractivity contribution in [3.63, 3.8) is 0 Å². The number of benzene rings is 2. The molecule has 1 aromatic heterocycles. The van der Waals surface area contributed by atoms with Crippen LogP contribution in [0.5, 0.6) is 5.75 Å². The van der Waals surface area contributed by atoms with Gasteiger partial charge in [0.15, 0.2) is 5.11 Å². The first-order chi connectivity index (χ1) is 13.1. The number of thiocarbonyl (C=S) groups is 1. The lowest BCUT2D eigenvalue weighted by Crippen LogP contribution is -2.24. The van der Waals surface area contributed by atoms with Crippen molar-refractivity contribution < 1.29 is 9.13 Å². The van der Waals surface area contributed by atoms with Crippen molar-refractivity contribution in [1.82, 2.24) is 9.99 Å². The van der Waals surface area contributed by atoms with Gasteiger partial charge in [0.2, 0.25) is 0 Å². The number of hydrogen-bond donors (Lipinski definition) is 2. The molecule has 0 spiro atoms. The Bertz CT molecular complexity index is 937. The molecule has 1 heterocycles. The fourth-order valence-electron chi connectivity index (χ4n) is 2.49. The topological polar surface area (TPSA) is 50.6 Å². The molecular formula is C20H19FN4OS. The molecule has 3 rings (SSSR count). The number of halogens is 1. The average molecular weight is 382 g/mol. The Labute approximate surface area is 162 Å². The van der Waals surface area contributed by atoms with Crippen LogP contribution in [0.1, 0.15) is 11.3 Å². The van der Waals surface area contributed by atoms with Gasteiger partial charge < -0.3 is 14.6 Å². The zero-order chi connectivity index (χ0) is 19.1. The van der Waals surface area contributed by atoms with Crippen molar-refractivity contribution >= 4 is 29.2 Å². The normalized spacial score (nSPS) is 10.7. The molecule has 27 heavy (non-hydrogen) atoms. The Morgan fingerprint density at radius 3 is 2.78 bits per heavy atom. The second-order valence-electron chi connectivity index (χ2n) is 5.74. The predicted octanol–water partition coefficient (Wildman–Crippen LogP) is 4.00. The van der Waals surface area contributed by atoms with E-state index in [1.165, 1.54) is 12.1 Å². The first kappa shape index (κ1) is 18.6. The number of rotatable bonds is 6. The molecule has 3 aromatic rings. The van der Waals surface area contributed by atoms with Gasteiger partial charge >= 0.3 is 0 Å². The van der Waals surface area contributed by atoms with E-state index in [9.17, 15) is 4.39 Å². The summed E-state index contributed by atoms with van der Waals surface area (Å²) in [6.07, 6.45) is 3.63. The van der Waals surface area contributed by atoms with E-state index in [0.29, 0.717) is 11.7 Å². The molecule has 0 saturated carbocycles. The summed E-state index contributed by atoms with van der Waals surface area (Å²) in [4.78, 5) is 0. The second kappa shape index (κ2) is 8.95. The van der Waals surface area contributed by atoms with Crippen molar-refractivity contribution in [2.24, 2.45) is 5.10 Å². The van der Waals surface area contributed by atoms with Crippen LogP contribution < -0.4 is 15.5 Å². The Morgan fingerprint density at radius 2 is 2.00 bits per heavy atom. The second-order valence-corrected chi connectivity index (χ2v) is 6.15. The van der Waals surface area contributed by atoms with Crippen molar-refractivity contribution in [2.45, 2.75) is 6.54 Å². The van der Waals surface area contributed by atoms with Gasteiger partial charge in [-0.25, -0.2) is 4.39 Å². The number of nitrogens with one attached hydrogen (secondary N) is 2. The minimum absolute atomic E-state index is 0.241. The molecular weight excluding hydrogens is 363 g/mol. The highest BCUT2D eigenvalue weighted by Crippen LogP contribution is 2.16. The molecule has 0 aliphatic rings. The first-order valence-electron chi connectivity index (χ1n) is 8.28. The maximum atomic E-state index is 13.0. The molecule has 5 nitrogen and oxygen atoms in total. The molecule has 2 aromatic carbocycles. The number of ether oxygens (including phenoxy) is 1. The molecule has 7 heteroatoms. The summed E-state index contributed by atoms with van der Waals surface area (Å²) in [6, 6.07) is 17.8. The van der Waals surface area contributed by atoms with E-state index in [2.05, 4.69) is 15.8 Å². The first-order valence-corrected chi connectivity index (χ1v) is 8.68. The highest BCUT2D eigenvalue weighted by molar-refractivity contribution is 7.80. The molecule has 0 saturated heterocycles. The Kier molecular flexibility index (Phi) is 6.17. The van der Waals surface area contributed by atoms with Crippen molar-refractivity contribution in [3.8, 4) is 5.75 Å². The highest BCUT2D eigenvalue weighted by atomic mass is 32.1. The van der Waals surface area contributed by atoms with Crippen LogP contribution >= 0.6 is 12.2 Å². The number of methoxy groups -OCH3 is 1. The van der Waals surface area contributed by atoms with Crippen molar-refractivity contribution in [2.75, 3.05) is 12.4 Å². The van der Waals surface area contributed by atoms with E-state index in [0.717, 1.165) is 22.7 Å². The van der Waals surface area contributed by atoms with Gasteiger partial charge in [-0.05, 0) is 54.2 Å². The zero-order valence-electron chi connectivity index (χ0n) is 14.7. The van der Waals surface area contributed by atoms with Gasteiger partial charge in [-0.3, -0.25) is 5.43 Å². The van der Waals surface area contributed by atoms with E-state index in [1.807, 2.05) is 47.2 Å². The fourth-order valence-corrected chi connectivity index (χ4v) is 2.66. The van der Waals surface area contributed by atoms with E-state index >= 15 is 0 Å². The summed E-state index contributed by atoms with van der Waals surface area (Å²) in [5, 5.41) is 7.59. The number of hydrazone groups is 1. The predicted molar refractivity (Wildman–Crippen MR) is 110 cm³/mol. The van der Waals surface area contributed by atoms with Gasteiger partial charge in [0.1, 0.15) is 11.6 Å². The molecule has 0 aliphatic heterocycles. The third-order valence-corrected chi connectivity index (χ3v) is 4.01. The van der Waals surface area contributed by atoms with E-state index in [-0.39, 0.29) is 5.82 Å². The maximum absolute atomic E-state index is 13.0. The van der Waals surface area contributed by atoms with Crippen molar-refractivity contribution in [3.05, 3.63) is 83.9 Å². The number of hydrogen-bond acceptors (Lipinski definition) is 3. The van der Waals surface area contributed by atoms with Crippen LogP contribution in [0, 0.1) is 5.82 Å². The van der Waals surface area contributed by atoms with E-state index < -0.39 is 0 Å². The van der Waals surface area contributed by atoms with Gasteiger partial charge in [-0.1, -0.05) is 18.2 Å². The molecule has 0 atom stereocenters. The zero-order valence-corrected chi connectivity index (χ0v) is 15.5. The lowest BCUT2D eigenvalue weighted by atomic mass is 10.2. The molecule has 0 aliphatic carbocycles. The van der Waals surface area contributed by atoms with Crippen molar-refractivity contribution in [1.29, 1.82) is 0 Å². The highest BCUT2D eigenvalue weighted by Gasteiger charge is 2.01. The minimum atomic E-state index is -0.241. The SMILES string of the molecule is COc1cccc(NC(=S)N/N=C/c2cccn2Cc2ccc(F)cc2)c1. The maximum Gasteiger partial charge on any atom is 0.191 e. The summed E-state index contributed by atoms with van der Waals surface area (Å²) < 4.78 is 20.2. The van der Waals surface area contributed by atoms with Gasteiger partial charge in [0.05, 0.1) is 19.0 Å². The summed E-state index contributed by atoms with van der Waals surface area (Å²) in [5.41, 5.74) is 5.50. The minimum Gasteiger partial charge on any atom is -0.497 e. The molecule has 0 unspecified atom stereocenters. The largest absolute Gasteiger partial charge is 0.497 e. The lowest BCUT2D eigenvalue weighted by Gasteiger charge is -2.09. The molecule has 2 N–H and O–H groups in total. The molecule has 0 amide bonds. The van der Waals surface area contributed by atoms with Gasteiger partial charge in [-0.2, -0.15) is 5.10 Å². The van der Waals surface area contributed by atoms with Crippen LogP contribution in [0.25, 0.3) is 0 Å². The fraction of sp³-hybridized carbons (Fsp3) is 0.100. The Morgan fingerprint density at radius 1 is 1.19 bits per heavy atom.